The minimum absolute atomic E-state index is 0.0379. The van der Waals surface area contributed by atoms with E-state index in [0.29, 0.717) is 17.2 Å². The minimum Gasteiger partial charge on any atom is -0.376 e. The lowest BCUT2D eigenvalue weighted by atomic mass is 9.98. The van der Waals surface area contributed by atoms with Crippen molar-refractivity contribution >= 4 is 23.2 Å². The second kappa shape index (κ2) is 8.71. The Bertz CT molecular complexity index is 811. The first-order valence-electron chi connectivity index (χ1n) is 9.51. The number of rotatable bonds is 5. The van der Waals surface area contributed by atoms with E-state index in [-0.39, 0.29) is 18.4 Å². The molecule has 0 saturated carbocycles. The van der Waals surface area contributed by atoms with Crippen LogP contribution in [0.25, 0.3) is 0 Å². The highest BCUT2D eigenvalue weighted by Crippen LogP contribution is 2.19. The maximum Gasteiger partial charge on any atom is 0.253 e. The van der Waals surface area contributed by atoms with Crippen molar-refractivity contribution < 1.29 is 9.59 Å². The van der Waals surface area contributed by atoms with Crippen LogP contribution in [0.1, 0.15) is 35.7 Å². The van der Waals surface area contributed by atoms with Crippen molar-refractivity contribution in [2.45, 2.75) is 26.7 Å². The summed E-state index contributed by atoms with van der Waals surface area (Å²) in [6.45, 7) is 6.01. The average Bonchev–Trinajstić information content (AvgIpc) is 2.67. The SMILES string of the molecule is Cc1cccc(NCC(=O)Nc2cccc(C(=O)N3CCC(C)CC3)c2)c1. The lowest BCUT2D eigenvalue weighted by molar-refractivity contribution is -0.114. The number of anilines is 2. The molecule has 0 radical (unpaired) electrons. The molecule has 3 rings (SSSR count). The normalized spacial score (nSPS) is 14.7. The van der Waals surface area contributed by atoms with Gasteiger partial charge >= 0.3 is 0 Å². The topological polar surface area (TPSA) is 61.4 Å². The van der Waals surface area contributed by atoms with Gasteiger partial charge in [0.2, 0.25) is 5.91 Å². The van der Waals surface area contributed by atoms with Crippen molar-refractivity contribution in [2.75, 3.05) is 30.3 Å². The zero-order valence-corrected chi connectivity index (χ0v) is 16.0. The molecule has 1 heterocycles. The van der Waals surface area contributed by atoms with Gasteiger partial charge in [-0.1, -0.05) is 25.1 Å². The van der Waals surface area contributed by atoms with Crippen LogP contribution in [0.2, 0.25) is 0 Å². The van der Waals surface area contributed by atoms with Crippen LogP contribution >= 0.6 is 0 Å². The van der Waals surface area contributed by atoms with Crippen molar-refractivity contribution in [3.05, 3.63) is 59.7 Å². The maximum absolute atomic E-state index is 12.7. The molecule has 2 N–H and O–H groups in total. The third-order valence-corrected chi connectivity index (χ3v) is 4.94. The lowest BCUT2D eigenvalue weighted by Crippen LogP contribution is -2.37. The molecule has 142 valence electrons. The highest BCUT2D eigenvalue weighted by Gasteiger charge is 2.21. The minimum atomic E-state index is -0.145. The van der Waals surface area contributed by atoms with Gasteiger partial charge in [-0.15, -0.1) is 0 Å². The molecule has 1 fully saturated rings. The van der Waals surface area contributed by atoms with Gasteiger partial charge in [0.05, 0.1) is 6.54 Å². The Morgan fingerprint density at radius 2 is 1.74 bits per heavy atom. The van der Waals surface area contributed by atoms with E-state index in [1.165, 1.54) is 0 Å². The fourth-order valence-corrected chi connectivity index (χ4v) is 3.27. The van der Waals surface area contributed by atoms with E-state index < -0.39 is 0 Å². The number of carbonyl (C=O) groups excluding carboxylic acids is 2. The number of likely N-dealkylation sites (tertiary alicyclic amines) is 1. The first-order valence-corrected chi connectivity index (χ1v) is 9.51. The van der Waals surface area contributed by atoms with E-state index in [2.05, 4.69) is 17.6 Å². The van der Waals surface area contributed by atoms with Crippen LogP contribution in [0, 0.1) is 12.8 Å². The Labute approximate surface area is 160 Å². The molecule has 27 heavy (non-hydrogen) atoms. The molecule has 0 unspecified atom stereocenters. The van der Waals surface area contributed by atoms with Crippen LogP contribution in [0.5, 0.6) is 0 Å². The summed E-state index contributed by atoms with van der Waals surface area (Å²) in [6, 6.07) is 15.1. The van der Waals surface area contributed by atoms with E-state index in [0.717, 1.165) is 37.2 Å². The Kier molecular flexibility index (Phi) is 6.12. The summed E-state index contributed by atoms with van der Waals surface area (Å²) in [6.07, 6.45) is 2.10. The largest absolute Gasteiger partial charge is 0.376 e. The fraction of sp³-hybridized carbons (Fsp3) is 0.364. The molecule has 0 atom stereocenters. The standard InChI is InChI=1S/C22H27N3O2/c1-16-9-11-25(12-10-16)22(27)18-6-4-8-20(14-18)24-21(26)15-23-19-7-3-5-17(2)13-19/h3-8,13-14,16,23H,9-12,15H2,1-2H3,(H,24,26). The molecule has 2 amide bonds. The van der Waals surface area contributed by atoms with Crippen LogP contribution in [0.15, 0.2) is 48.5 Å². The van der Waals surface area contributed by atoms with Gasteiger partial charge in [-0.25, -0.2) is 0 Å². The van der Waals surface area contributed by atoms with Crippen LogP contribution in [-0.4, -0.2) is 36.3 Å². The Balaban J connectivity index is 1.56. The van der Waals surface area contributed by atoms with Crippen molar-refractivity contribution in [1.82, 2.24) is 4.90 Å². The number of piperidine rings is 1. The molecule has 0 aliphatic carbocycles. The molecule has 2 aromatic rings. The predicted molar refractivity (Wildman–Crippen MR) is 109 cm³/mol. The van der Waals surface area contributed by atoms with E-state index in [4.69, 9.17) is 0 Å². The van der Waals surface area contributed by atoms with Gasteiger partial charge in [0.25, 0.3) is 5.91 Å². The summed E-state index contributed by atoms with van der Waals surface area (Å²) in [5.74, 6) is 0.573. The zero-order valence-electron chi connectivity index (χ0n) is 16.0. The highest BCUT2D eigenvalue weighted by molar-refractivity contribution is 5.98. The highest BCUT2D eigenvalue weighted by atomic mass is 16.2. The molecule has 1 saturated heterocycles. The molecule has 2 aromatic carbocycles. The molecular weight excluding hydrogens is 338 g/mol. The van der Waals surface area contributed by atoms with Crippen molar-refractivity contribution in [3.8, 4) is 0 Å². The van der Waals surface area contributed by atoms with Crippen molar-refractivity contribution in [3.63, 3.8) is 0 Å². The van der Waals surface area contributed by atoms with Crippen LogP contribution in [0.4, 0.5) is 11.4 Å². The van der Waals surface area contributed by atoms with E-state index in [1.54, 1.807) is 18.2 Å². The number of carbonyl (C=O) groups is 2. The number of amides is 2. The predicted octanol–water partition coefficient (Wildman–Crippen LogP) is 3.92. The number of aryl methyl sites for hydroxylation is 1. The molecule has 5 heteroatoms. The number of hydrogen-bond acceptors (Lipinski definition) is 3. The fourth-order valence-electron chi connectivity index (χ4n) is 3.27. The summed E-state index contributed by atoms with van der Waals surface area (Å²) in [7, 11) is 0. The number of hydrogen-bond donors (Lipinski definition) is 2. The molecule has 0 bridgehead atoms. The van der Waals surface area contributed by atoms with E-state index >= 15 is 0 Å². The van der Waals surface area contributed by atoms with Crippen molar-refractivity contribution in [1.29, 1.82) is 0 Å². The summed E-state index contributed by atoms with van der Waals surface area (Å²) >= 11 is 0. The van der Waals surface area contributed by atoms with E-state index in [1.807, 2.05) is 42.2 Å². The van der Waals surface area contributed by atoms with Gasteiger partial charge in [0.15, 0.2) is 0 Å². The molecule has 5 nitrogen and oxygen atoms in total. The number of nitrogens with zero attached hydrogens (tertiary/aromatic N) is 1. The third kappa shape index (κ3) is 5.33. The maximum atomic E-state index is 12.7. The number of nitrogens with one attached hydrogen (secondary N) is 2. The monoisotopic (exact) mass is 365 g/mol. The van der Waals surface area contributed by atoms with Gasteiger partial charge in [0.1, 0.15) is 0 Å². The van der Waals surface area contributed by atoms with Crippen LogP contribution in [0.3, 0.4) is 0 Å². The Hall–Kier alpha value is -2.82. The second-order valence-corrected chi connectivity index (χ2v) is 7.33. The van der Waals surface area contributed by atoms with Gasteiger partial charge < -0.3 is 15.5 Å². The van der Waals surface area contributed by atoms with Crippen LogP contribution < -0.4 is 10.6 Å². The summed E-state index contributed by atoms with van der Waals surface area (Å²) in [5.41, 5.74) is 3.31. The first kappa shape index (κ1) is 19.0. The first-order chi connectivity index (χ1) is 13.0. The third-order valence-electron chi connectivity index (χ3n) is 4.94. The second-order valence-electron chi connectivity index (χ2n) is 7.33. The summed E-state index contributed by atoms with van der Waals surface area (Å²) < 4.78 is 0. The molecular formula is C22H27N3O2. The van der Waals surface area contributed by atoms with Gasteiger partial charge in [0, 0.05) is 30.0 Å². The van der Waals surface area contributed by atoms with Crippen molar-refractivity contribution in [2.24, 2.45) is 5.92 Å². The molecule has 0 spiro atoms. The van der Waals surface area contributed by atoms with E-state index in [9.17, 15) is 9.59 Å². The lowest BCUT2D eigenvalue weighted by Gasteiger charge is -2.30. The molecule has 0 aromatic heterocycles. The summed E-state index contributed by atoms with van der Waals surface area (Å²) in [5, 5.41) is 5.97. The van der Waals surface area contributed by atoms with Gasteiger partial charge in [-0.2, -0.15) is 0 Å². The zero-order chi connectivity index (χ0) is 19.2. The van der Waals surface area contributed by atoms with Crippen LogP contribution in [-0.2, 0) is 4.79 Å². The number of benzene rings is 2. The quantitative estimate of drug-likeness (QED) is 0.844. The average molecular weight is 365 g/mol. The Morgan fingerprint density at radius 1 is 1.04 bits per heavy atom. The Morgan fingerprint density at radius 3 is 2.48 bits per heavy atom. The van der Waals surface area contributed by atoms with Gasteiger partial charge in [-0.05, 0) is 61.6 Å². The summed E-state index contributed by atoms with van der Waals surface area (Å²) in [4.78, 5) is 26.8. The smallest absolute Gasteiger partial charge is 0.253 e. The molecule has 1 aliphatic heterocycles. The van der Waals surface area contributed by atoms with Gasteiger partial charge in [-0.3, -0.25) is 9.59 Å². The molecule has 1 aliphatic rings.